The summed E-state index contributed by atoms with van der Waals surface area (Å²) in [5.41, 5.74) is 0.814. The summed E-state index contributed by atoms with van der Waals surface area (Å²) in [5.74, 6) is 1.46. The van der Waals surface area contributed by atoms with Gasteiger partial charge in [-0.05, 0) is 29.9 Å². The Kier molecular flexibility index (Phi) is 3.94. The van der Waals surface area contributed by atoms with Crippen LogP contribution in [0, 0.1) is 11.8 Å². The van der Waals surface area contributed by atoms with Gasteiger partial charge in [-0.2, -0.15) is 4.31 Å². The Morgan fingerprint density at radius 1 is 1.50 bits per heavy atom. The van der Waals surface area contributed by atoms with Crippen molar-refractivity contribution in [2.24, 2.45) is 11.8 Å². The normalized spacial score (nSPS) is 23.3. The molecule has 0 aromatic carbocycles. The predicted molar refractivity (Wildman–Crippen MR) is 70.9 cm³/mol. The third-order valence-corrected chi connectivity index (χ3v) is 5.44. The molecule has 2 unspecified atom stereocenters. The first-order chi connectivity index (χ1) is 8.45. The SMILES string of the molecule is CC1CC1CN(C)S(=O)(=O)c1ccc(CCl)cn1. The number of rotatable bonds is 5. The molecular weight excluding hydrogens is 272 g/mol. The smallest absolute Gasteiger partial charge is 0.243 e. The maximum absolute atomic E-state index is 12.2. The fourth-order valence-corrected chi connectivity index (χ4v) is 3.18. The van der Waals surface area contributed by atoms with Gasteiger partial charge in [0.15, 0.2) is 5.03 Å². The van der Waals surface area contributed by atoms with E-state index in [1.165, 1.54) is 16.6 Å². The van der Waals surface area contributed by atoms with E-state index in [0.717, 1.165) is 12.0 Å². The fourth-order valence-electron chi connectivity index (χ4n) is 1.88. The standard InChI is InChI=1S/C12H17ClN2O2S/c1-9-5-11(9)8-15(2)18(16,17)12-4-3-10(6-13)7-14-12/h3-4,7,9,11H,5-6,8H2,1-2H3. The zero-order valence-electron chi connectivity index (χ0n) is 10.5. The second kappa shape index (κ2) is 5.15. The molecule has 0 amide bonds. The second-order valence-corrected chi connectivity index (χ2v) is 7.16. The monoisotopic (exact) mass is 288 g/mol. The summed E-state index contributed by atoms with van der Waals surface area (Å²) in [6.45, 7) is 2.71. The number of hydrogen-bond donors (Lipinski definition) is 0. The van der Waals surface area contributed by atoms with Crippen LogP contribution >= 0.6 is 11.6 Å². The molecule has 1 aromatic rings. The minimum absolute atomic E-state index is 0.0900. The molecule has 0 aliphatic heterocycles. The fraction of sp³-hybridized carbons (Fsp3) is 0.583. The molecule has 6 heteroatoms. The van der Waals surface area contributed by atoms with Crippen molar-refractivity contribution in [1.82, 2.24) is 9.29 Å². The number of pyridine rings is 1. The number of alkyl halides is 1. The quantitative estimate of drug-likeness (QED) is 0.780. The Bertz CT molecular complexity index is 515. The highest BCUT2D eigenvalue weighted by Gasteiger charge is 2.36. The average molecular weight is 289 g/mol. The van der Waals surface area contributed by atoms with Crippen LogP contribution in [0.5, 0.6) is 0 Å². The molecule has 18 heavy (non-hydrogen) atoms. The van der Waals surface area contributed by atoms with Crippen LogP contribution in [-0.2, 0) is 15.9 Å². The van der Waals surface area contributed by atoms with Crippen LogP contribution in [-0.4, -0.2) is 31.3 Å². The number of halogens is 1. The highest BCUT2D eigenvalue weighted by Crippen LogP contribution is 2.38. The first-order valence-electron chi connectivity index (χ1n) is 5.92. The molecule has 0 saturated heterocycles. The summed E-state index contributed by atoms with van der Waals surface area (Å²) in [5, 5.41) is 0.0900. The molecule has 0 spiro atoms. The number of nitrogens with zero attached hydrogens (tertiary/aromatic N) is 2. The summed E-state index contributed by atoms with van der Waals surface area (Å²) >= 11 is 5.65. The summed E-state index contributed by atoms with van der Waals surface area (Å²) in [7, 11) is -1.85. The van der Waals surface area contributed by atoms with Crippen molar-refractivity contribution < 1.29 is 8.42 Å². The molecule has 1 aliphatic rings. The van der Waals surface area contributed by atoms with Crippen LogP contribution in [0.4, 0.5) is 0 Å². The Balaban J connectivity index is 2.13. The van der Waals surface area contributed by atoms with Crippen molar-refractivity contribution in [3.63, 3.8) is 0 Å². The molecule has 1 aromatic heterocycles. The molecule has 1 saturated carbocycles. The van der Waals surface area contributed by atoms with Gasteiger partial charge in [0.1, 0.15) is 0 Å². The van der Waals surface area contributed by atoms with E-state index in [1.807, 2.05) is 0 Å². The van der Waals surface area contributed by atoms with E-state index >= 15 is 0 Å². The maximum atomic E-state index is 12.2. The van der Waals surface area contributed by atoms with Crippen molar-refractivity contribution in [1.29, 1.82) is 0 Å². The lowest BCUT2D eigenvalue weighted by Crippen LogP contribution is -2.29. The van der Waals surface area contributed by atoms with Gasteiger partial charge in [-0.25, -0.2) is 13.4 Å². The minimum Gasteiger partial charge on any atom is -0.243 e. The van der Waals surface area contributed by atoms with Crippen LogP contribution in [0.1, 0.15) is 18.9 Å². The molecule has 2 rings (SSSR count). The second-order valence-electron chi connectivity index (χ2n) is 4.90. The highest BCUT2D eigenvalue weighted by atomic mass is 35.5. The molecule has 2 atom stereocenters. The van der Waals surface area contributed by atoms with Crippen LogP contribution in [0.3, 0.4) is 0 Å². The third-order valence-electron chi connectivity index (χ3n) is 3.39. The molecule has 100 valence electrons. The van der Waals surface area contributed by atoms with Crippen molar-refractivity contribution >= 4 is 21.6 Å². The first kappa shape index (κ1) is 13.8. The van der Waals surface area contributed by atoms with Gasteiger partial charge in [0.25, 0.3) is 10.0 Å². The van der Waals surface area contributed by atoms with E-state index in [2.05, 4.69) is 11.9 Å². The van der Waals surface area contributed by atoms with Gasteiger partial charge < -0.3 is 0 Å². The zero-order valence-corrected chi connectivity index (χ0v) is 12.1. The van der Waals surface area contributed by atoms with Gasteiger partial charge in [-0.3, -0.25) is 0 Å². The number of sulfonamides is 1. The summed E-state index contributed by atoms with van der Waals surface area (Å²) in [6.07, 6.45) is 2.62. The minimum atomic E-state index is -3.46. The summed E-state index contributed by atoms with van der Waals surface area (Å²) in [4.78, 5) is 3.97. The van der Waals surface area contributed by atoms with Crippen LogP contribution in [0.25, 0.3) is 0 Å². The highest BCUT2D eigenvalue weighted by molar-refractivity contribution is 7.89. The van der Waals surface area contributed by atoms with Gasteiger partial charge in [-0.1, -0.05) is 13.0 Å². The average Bonchev–Trinajstić information content (AvgIpc) is 3.05. The number of aromatic nitrogens is 1. The van der Waals surface area contributed by atoms with E-state index in [-0.39, 0.29) is 5.03 Å². The molecule has 4 nitrogen and oxygen atoms in total. The lowest BCUT2D eigenvalue weighted by molar-refractivity contribution is 0.442. The zero-order chi connectivity index (χ0) is 13.3. The van der Waals surface area contributed by atoms with E-state index in [1.54, 1.807) is 13.1 Å². The maximum Gasteiger partial charge on any atom is 0.260 e. The van der Waals surface area contributed by atoms with Gasteiger partial charge in [0, 0.05) is 25.7 Å². The van der Waals surface area contributed by atoms with Crippen molar-refractivity contribution in [3.8, 4) is 0 Å². The Labute approximate surface area is 113 Å². The van der Waals surface area contributed by atoms with Crippen LogP contribution in [0.15, 0.2) is 23.4 Å². The van der Waals surface area contributed by atoms with Gasteiger partial charge in [-0.15, -0.1) is 11.6 Å². The molecule has 0 radical (unpaired) electrons. The topological polar surface area (TPSA) is 50.3 Å². The van der Waals surface area contributed by atoms with E-state index in [4.69, 9.17) is 11.6 Å². The molecule has 1 aliphatic carbocycles. The Morgan fingerprint density at radius 2 is 2.17 bits per heavy atom. The van der Waals surface area contributed by atoms with E-state index in [9.17, 15) is 8.42 Å². The molecule has 1 heterocycles. The van der Waals surface area contributed by atoms with E-state index in [0.29, 0.717) is 24.3 Å². The van der Waals surface area contributed by atoms with Gasteiger partial charge in [0.05, 0.1) is 0 Å². The van der Waals surface area contributed by atoms with Crippen LogP contribution in [0.2, 0.25) is 0 Å². The largest absolute Gasteiger partial charge is 0.260 e. The molecule has 0 bridgehead atoms. The third kappa shape index (κ3) is 2.84. The summed E-state index contributed by atoms with van der Waals surface area (Å²) in [6, 6.07) is 3.21. The number of hydrogen-bond acceptors (Lipinski definition) is 3. The lowest BCUT2D eigenvalue weighted by Gasteiger charge is -2.16. The Morgan fingerprint density at radius 3 is 2.61 bits per heavy atom. The predicted octanol–water partition coefficient (Wildman–Crippen LogP) is 2.10. The van der Waals surface area contributed by atoms with E-state index < -0.39 is 10.0 Å². The molecule has 0 N–H and O–H groups in total. The van der Waals surface area contributed by atoms with Gasteiger partial charge >= 0.3 is 0 Å². The first-order valence-corrected chi connectivity index (χ1v) is 7.90. The Hall–Kier alpha value is -0.650. The van der Waals surface area contributed by atoms with Crippen molar-refractivity contribution in [2.75, 3.05) is 13.6 Å². The van der Waals surface area contributed by atoms with Crippen molar-refractivity contribution in [3.05, 3.63) is 23.9 Å². The molecule has 1 fully saturated rings. The van der Waals surface area contributed by atoms with Crippen LogP contribution < -0.4 is 0 Å². The lowest BCUT2D eigenvalue weighted by atomic mass is 10.3. The summed E-state index contributed by atoms with van der Waals surface area (Å²) < 4.78 is 25.9. The molecular formula is C12H17ClN2O2S. The van der Waals surface area contributed by atoms with Crippen molar-refractivity contribution in [2.45, 2.75) is 24.3 Å². The van der Waals surface area contributed by atoms with Gasteiger partial charge in [0.2, 0.25) is 0 Å².